The molecular formula is C27H22ClN3O. The van der Waals surface area contributed by atoms with Crippen LogP contribution in [0.4, 0.5) is 22.7 Å². The van der Waals surface area contributed by atoms with E-state index in [2.05, 4.69) is 64.2 Å². The van der Waals surface area contributed by atoms with Crippen LogP contribution in [0.15, 0.2) is 97.2 Å². The average molecular weight is 440 g/mol. The maximum atomic E-state index is 12.5. The maximum Gasteiger partial charge on any atom is 0.228 e. The Labute approximate surface area is 192 Å². The predicted octanol–water partition coefficient (Wildman–Crippen LogP) is 6.75. The van der Waals surface area contributed by atoms with Gasteiger partial charge in [0.05, 0.1) is 17.8 Å². The number of carbonyl (C=O) groups excluding carboxylic acids is 1. The minimum absolute atomic E-state index is 0.0958. The Morgan fingerprint density at radius 3 is 2.56 bits per heavy atom. The molecule has 4 nitrogen and oxygen atoms in total. The number of nitrogens with zero attached hydrogens (tertiary/aromatic N) is 1. The van der Waals surface area contributed by atoms with Crippen molar-refractivity contribution < 1.29 is 4.79 Å². The van der Waals surface area contributed by atoms with Gasteiger partial charge >= 0.3 is 0 Å². The molecule has 0 radical (unpaired) electrons. The van der Waals surface area contributed by atoms with Crippen LogP contribution >= 0.6 is 11.6 Å². The average Bonchev–Trinajstić information content (AvgIpc) is 3.04. The number of rotatable bonds is 4. The van der Waals surface area contributed by atoms with Crippen LogP contribution in [-0.4, -0.2) is 12.5 Å². The lowest BCUT2D eigenvalue weighted by Gasteiger charge is -2.23. The van der Waals surface area contributed by atoms with E-state index < -0.39 is 0 Å². The summed E-state index contributed by atoms with van der Waals surface area (Å²) in [5, 5.41) is 9.50. The summed E-state index contributed by atoms with van der Waals surface area (Å²) in [5.74, 6) is -0.0958. The fourth-order valence-corrected chi connectivity index (χ4v) is 4.20. The molecule has 0 saturated heterocycles. The van der Waals surface area contributed by atoms with E-state index in [0.717, 1.165) is 34.9 Å². The van der Waals surface area contributed by atoms with E-state index >= 15 is 0 Å². The first-order chi connectivity index (χ1) is 15.7. The lowest BCUT2D eigenvalue weighted by molar-refractivity contribution is -0.115. The molecule has 0 atom stereocenters. The first-order valence-corrected chi connectivity index (χ1v) is 10.9. The molecule has 5 rings (SSSR count). The highest BCUT2D eigenvalue weighted by atomic mass is 35.5. The van der Waals surface area contributed by atoms with Crippen LogP contribution in [0.2, 0.25) is 5.02 Å². The second-order valence-electron chi connectivity index (χ2n) is 7.68. The number of fused-ring (bicyclic) bond motifs is 3. The van der Waals surface area contributed by atoms with Crippen molar-refractivity contribution in [1.82, 2.24) is 0 Å². The van der Waals surface area contributed by atoms with E-state index in [-0.39, 0.29) is 12.3 Å². The van der Waals surface area contributed by atoms with Crippen LogP contribution in [0, 0.1) is 0 Å². The molecule has 0 unspecified atom stereocenters. The Balaban J connectivity index is 1.38. The molecule has 0 aliphatic carbocycles. The Bertz CT molecular complexity index is 1310. The smallest absolute Gasteiger partial charge is 0.228 e. The fraction of sp³-hybridized carbons (Fsp3) is 0.0741. The molecule has 0 saturated carbocycles. The number of hydrogen-bond donors (Lipinski definition) is 2. The molecule has 1 aliphatic rings. The van der Waals surface area contributed by atoms with Gasteiger partial charge in [-0.1, -0.05) is 60.1 Å². The molecule has 1 aliphatic heterocycles. The van der Waals surface area contributed by atoms with Gasteiger partial charge in [0.15, 0.2) is 0 Å². The van der Waals surface area contributed by atoms with Gasteiger partial charge in [-0.25, -0.2) is 0 Å². The highest BCUT2D eigenvalue weighted by molar-refractivity contribution is 6.31. The van der Waals surface area contributed by atoms with E-state index in [9.17, 15) is 4.79 Å². The largest absolute Gasteiger partial charge is 0.379 e. The first-order valence-electron chi connectivity index (χ1n) is 10.5. The molecule has 5 heteroatoms. The highest BCUT2D eigenvalue weighted by Gasteiger charge is 2.16. The minimum Gasteiger partial charge on any atom is -0.379 e. The van der Waals surface area contributed by atoms with Gasteiger partial charge in [0.1, 0.15) is 0 Å². The van der Waals surface area contributed by atoms with E-state index in [4.69, 9.17) is 11.6 Å². The number of amides is 1. The number of nitrogens with one attached hydrogen (secondary N) is 2. The van der Waals surface area contributed by atoms with Crippen LogP contribution in [0.5, 0.6) is 0 Å². The summed E-state index contributed by atoms with van der Waals surface area (Å²) in [6, 6.07) is 27.9. The molecule has 1 amide bonds. The van der Waals surface area contributed by atoms with Gasteiger partial charge < -0.3 is 15.5 Å². The zero-order valence-electron chi connectivity index (χ0n) is 17.4. The number of hydrogen-bond acceptors (Lipinski definition) is 3. The third kappa shape index (κ3) is 4.05. The van der Waals surface area contributed by atoms with Crippen molar-refractivity contribution in [1.29, 1.82) is 0 Å². The molecule has 2 N–H and O–H groups in total. The van der Waals surface area contributed by atoms with Crippen LogP contribution in [0.25, 0.3) is 10.8 Å². The van der Waals surface area contributed by atoms with E-state index in [1.165, 1.54) is 10.8 Å². The number of halogens is 1. The Hall–Kier alpha value is -3.76. The van der Waals surface area contributed by atoms with Crippen molar-refractivity contribution in [3.63, 3.8) is 0 Å². The van der Waals surface area contributed by atoms with Crippen LogP contribution in [-0.2, 0) is 11.2 Å². The number of benzene rings is 4. The zero-order chi connectivity index (χ0) is 21.9. The number of anilines is 4. The second kappa shape index (κ2) is 8.77. The van der Waals surface area contributed by atoms with Gasteiger partial charge in [0.25, 0.3) is 0 Å². The van der Waals surface area contributed by atoms with Crippen molar-refractivity contribution in [3.8, 4) is 0 Å². The lowest BCUT2D eigenvalue weighted by Crippen LogP contribution is -2.15. The van der Waals surface area contributed by atoms with Crippen LogP contribution in [0.1, 0.15) is 5.56 Å². The van der Waals surface area contributed by atoms with Crippen molar-refractivity contribution in [3.05, 3.63) is 108 Å². The Morgan fingerprint density at radius 2 is 1.72 bits per heavy atom. The Morgan fingerprint density at radius 1 is 0.938 bits per heavy atom. The molecule has 32 heavy (non-hydrogen) atoms. The normalized spacial score (nSPS) is 12.7. The minimum atomic E-state index is -0.0958. The van der Waals surface area contributed by atoms with Crippen molar-refractivity contribution in [2.45, 2.75) is 6.42 Å². The topological polar surface area (TPSA) is 44.4 Å². The summed E-state index contributed by atoms with van der Waals surface area (Å²) < 4.78 is 0. The van der Waals surface area contributed by atoms with Gasteiger partial charge in [-0.3, -0.25) is 4.79 Å². The first kappa shape index (κ1) is 20.2. The summed E-state index contributed by atoms with van der Waals surface area (Å²) in [7, 11) is 0. The standard InChI is InChI=1S/C27H22ClN3O/c28-24-9-4-2-7-20(24)18-26(32)30-21-11-13-22(14-12-21)31-17-5-16-29-27-23-8-3-1-6-19(23)10-15-25(27)31/h1-15,17,29H,16,18H2,(H,30,32). The summed E-state index contributed by atoms with van der Waals surface area (Å²) in [5.41, 5.74) is 4.79. The third-order valence-corrected chi connectivity index (χ3v) is 5.92. The molecule has 4 aromatic rings. The van der Waals surface area contributed by atoms with Gasteiger partial charge in [0.2, 0.25) is 5.91 Å². The van der Waals surface area contributed by atoms with Crippen molar-refractivity contribution in [2.24, 2.45) is 0 Å². The zero-order valence-corrected chi connectivity index (χ0v) is 18.1. The molecule has 158 valence electrons. The summed E-state index contributed by atoms with van der Waals surface area (Å²) in [6.07, 6.45) is 4.43. The number of carbonyl (C=O) groups is 1. The molecule has 0 fully saturated rings. The monoisotopic (exact) mass is 439 g/mol. The highest BCUT2D eigenvalue weighted by Crippen LogP contribution is 2.39. The van der Waals surface area contributed by atoms with Crippen molar-refractivity contribution >= 4 is 51.0 Å². The lowest BCUT2D eigenvalue weighted by atomic mass is 10.1. The van der Waals surface area contributed by atoms with Crippen LogP contribution < -0.4 is 15.5 Å². The second-order valence-corrected chi connectivity index (χ2v) is 8.09. The Kier molecular flexibility index (Phi) is 5.53. The maximum absolute atomic E-state index is 12.5. The van der Waals surface area contributed by atoms with E-state index in [1.807, 2.05) is 42.5 Å². The SMILES string of the molecule is O=C(Cc1ccccc1Cl)Nc1ccc(N2C=CCNc3c2ccc2ccccc32)cc1. The van der Waals surface area contributed by atoms with Crippen LogP contribution in [0.3, 0.4) is 0 Å². The van der Waals surface area contributed by atoms with Gasteiger partial charge in [0, 0.05) is 34.5 Å². The molecule has 4 aromatic carbocycles. The molecule has 0 spiro atoms. The molecule has 0 bridgehead atoms. The van der Waals surface area contributed by atoms with Gasteiger partial charge in [-0.15, -0.1) is 0 Å². The van der Waals surface area contributed by atoms with Gasteiger partial charge in [-0.2, -0.15) is 0 Å². The van der Waals surface area contributed by atoms with E-state index in [0.29, 0.717) is 5.02 Å². The summed E-state index contributed by atoms with van der Waals surface area (Å²) in [6.45, 7) is 0.758. The fourth-order valence-electron chi connectivity index (χ4n) is 4.00. The third-order valence-electron chi connectivity index (χ3n) is 5.56. The predicted molar refractivity (Wildman–Crippen MR) is 134 cm³/mol. The van der Waals surface area contributed by atoms with Gasteiger partial charge in [-0.05, 0) is 53.4 Å². The molecular weight excluding hydrogens is 418 g/mol. The molecule has 1 heterocycles. The summed E-state index contributed by atoms with van der Waals surface area (Å²) in [4.78, 5) is 14.6. The van der Waals surface area contributed by atoms with E-state index in [1.54, 1.807) is 6.07 Å². The quantitative estimate of drug-likeness (QED) is 0.369. The summed E-state index contributed by atoms with van der Waals surface area (Å²) >= 11 is 6.17. The van der Waals surface area contributed by atoms with Crippen molar-refractivity contribution in [2.75, 3.05) is 22.1 Å². The molecule has 0 aromatic heterocycles.